The number of hydrogen-bond donors (Lipinski definition) is 2. The molecule has 0 aromatic heterocycles. The third-order valence-electron chi connectivity index (χ3n) is 4.35. The van der Waals surface area contributed by atoms with Gasteiger partial charge in [0.05, 0.1) is 11.3 Å². The molecule has 6 nitrogen and oxygen atoms in total. The van der Waals surface area contributed by atoms with E-state index in [1.807, 2.05) is 20.0 Å². The Labute approximate surface area is 125 Å². The van der Waals surface area contributed by atoms with E-state index in [1.54, 1.807) is 5.01 Å². The lowest BCUT2D eigenvalue weighted by Crippen LogP contribution is -2.43. The van der Waals surface area contributed by atoms with Crippen LogP contribution in [-0.4, -0.2) is 39.2 Å². The molecule has 0 amide bonds. The van der Waals surface area contributed by atoms with Gasteiger partial charge in [-0.15, -0.1) is 5.12 Å². The summed E-state index contributed by atoms with van der Waals surface area (Å²) in [6, 6.07) is 0. The molecule has 6 heteroatoms. The van der Waals surface area contributed by atoms with E-state index in [-0.39, 0.29) is 5.92 Å². The number of allylic oxidation sites excluding steroid dienone is 1. The van der Waals surface area contributed by atoms with E-state index in [1.165, 1.54) is 18.0 Å². The van der Waals surface area contributed by atoms with Crippen LogP contribution in [0.2, 0.25) is 0 Å². The van der Waals surface area contributed by atoms with Crippen LogP contribution in [0.1, 0.15) is 39.5 Å². The van der Waals surface area contributed by atoms with Crippen molar-refractivity contribution >= 4 is 11.7 Å². The Kier molecular flexibility index (Phi) is 3.57. The number of hydrogen-bond acceptors (Lipinski definition) is 6. The smallest absolute Gasteiger partial charge is 0.242 e. The number of aliphatic hydroxyl groups is 1. The first-order valence-electron chi connectivity index (χ1n) is 7.36. The monoisotopic (exact) mass is 287 g/mol. The second-order valence-electron chi connectivity index (χ2n) is 6.00. The average Bonchev–Trinajstić information content (AvgIpc) is 3.08. The third-order valence-corrected chi connectivity index (χ3v) is 4.35. The summed E-state index contributed by atoms with van der Waals surface area (Å²) in [5.74, 6) is 12.8. The van der Waals surface area contributed by atoms with Crippen molar-refractivity contribution in [1.82, 2.24) is 10.1 Å². The summed E-state index contributed by atoms with van der Waals surface area (Å²) in [5.41, 5.74) is 0.624. The van der Waals surface area contributed by atoms with E-state index < -0.39 is 5.60 Å². The molecule has 1 aliphatic carbocycles. The number of aliphatic imine (C=N–C) groups is 2. The topological polar surface area (TPSA) is 77.5 Å². The molecule has 1 atom stereocenters. The average molecular weight is 287 g/mol. The molecule has 1 saturated carbocycles. The summed E-state index contributed by atoms with van der Waals surface area (Å²) in [6.07, 6.45) is 6.29. The van der Waals surface area contributed by atoms with Crippen LogP contribution in [0.4, 0.5) is 0 Å². The van der Waals surface area contributed by atoms with Gasteiger partial charge in [-0.25, -0.2) is 20.8 Å². The van der Waals surface area contributed by atoms with Gasteiger partial charge >= 0.3 is 0 Å². The Balaban J connectivity index is 1.82. The van der Waals surface area contributed by atoms with Crippen molar-refractivity contribution in [3.63, 3.8) is 0 Å². The molecule has 0 saturated heterocycles. The maximum Gasteiger partial charge on any atom is 0.242 e. The predicted molar refractivity (Wildman–Crippen MR) is 81.7 cm³/mol. The van der Waals surface area contributed by atoms with Crippen LogP contribution in [0.5, 0.6) is 0 Å². The van der Waals surface area contributed by atoms with Gasteiger partial charge in [0.25, 0.3) is 0 Å². The van der Waals surface area contributed by atoms with E-state index in [2.05, 4.69) is 21.8 Å². The second-order valence-corrected chi connectivity index (χ2v) is 6.00. The second kappa shape index (κ2) is 5.26. The molecular formula is C15H21N5O. The number of hydrazine groups is 2. The van der Waals surface area contributed by atoms with Gasteiger partial charge in [0, 0.05) is 6.20 Å². The van der Waals surface area contributed by atoms with Crippen LogP contribution < -0.4 is 5.84 Å². The number of fused-ring (bicyclic) bond motifs is 1. The van der Waals surface area contributed by atoms with Crippen LogP contribution in [-0.2, 0) is 0 Å². The van der Waals surface area contributed by atoms with Crippen LogP contribution >= 0.6 is 0 Å². The molecule has 3 aliphatic rings. The van der Waals surface area contributed by atoms with Gasteiger partial charge in [-0.3, -0.25) is 0 Å². The van der Waals surface area contributed by atoms with Gasteiger partial charge in [0.1, 0.15) is 12.3 Å². The first kappa shape index (κ1) is 14.3. The largest absolute Gasteiger partial charge is 0.378 e. The van der Waals surface area contributed by atoms with Crippen LogP contribution in [0.15, 0.2) is 21.8 Å². The van der Waals surface area contributed by atoms with Gasteiger partial charge in [0.2, 0.25) is 5.96 Å². The number of guanidine groups is 1. The standard InChI is InChI=1S/C15H21N5O/c1-11-12(9-19-14(18-11)17-10-20(19)16)7-8-15(2,21)13-5-3-4-6-13/h9,13,21H,3-6,10,16H2,1-2H3. The molecule has 21 heavy (non-hydrogen) atoms. The fourth-order valence-corrected chi connectivity index (χ4v) is 2.94. The zero-order valence-corrected chi connectivity index (χ0v) is 12.5. The summed E-state index contributed by atoms with van der Waals surface area (Å²) in [7, 11) is 0. The van der Waals surface area contributed by atoms with Crippen molar-refractivity contribution < 1.29 is 5.11 Å². The first-order valence-corrected chi connectivity index (χ1v) is 7.36. The van der Waals surface area contributed by atoms with Gasteiger partial charge in [0.15, 0.2) is 0 Å². The fraction of sp³-hybridized carbons (Fsp3) is 0.600. The highest BCUT2D eigenvalue weighted by Gasteiger charge is 2.32. The van der Waals surface area contributed by atoms with Gasteiger partial charge in [-0.05, 0) is 32.6 Å². The maximum atomic E-state index is 10.6. The van der Waals surface area contributed by atoms with E-state index in [0.29, 0.717) is 12.6 Å². The van der Waals surface area contributed by atoms with Gasteiger partial charge in [-0.1, -0.05) is 24.7 Å². The molecule has 3 N–H and O–H groups in total. The minimum Gasteiger partial charge on any atom is -0.378 e. The molecule has 3 rings (SSSR count). The van der Waals surface area contributed by atoms with Crippen molar-refractivity contribution in [2.75, 3.05) is 6.67 Å². The van der Waals surface area contributed by atoms with Crippen molar-refractivity contribution in [2.24, 2.45) is 21.7 Å². The first-order chi connectivity index (χ1) is 9.97. The third kappa shape index (κ3) is 2.72. The zero-order valence-electron chi connectivity index (χ0n) is 12.5. The minimum absolute atomic E-state index is 0.265. The quantitative estimate of drug-likeness (QED) is 0.557. The highest BCUT2D eigenvalue weighted by Crippen LogP contribution is 2.33. The van der Waals surface area contributed by atoms with E-state index in [9.17, 15) is 5.11 Å². The Morgan fingerprint density at radius 1 is 1.43 bits per heavy atom. The molecule has 0 radical (unpaired) electrons. The highest BCUT2D eigenvalue weighted by molar-refractivity contribution is 6.10. The number of nitrogens with two attached hydrogens (primary N) is 1. The number of rotatable bonds is 1. The molecule has 1 unspecified atom stereocenters. The minimum atomic E-state index is -0.945. The van der Waals surface area contributed by atoms with Crippen LogP contribution in [0.3, 0.4) is 0 Å². The van der Waals surface area contributed by atoms with Crippen LogP contribution in [0, 0.1) is 17.8 Å². The predicted octanol–water partition coefficient (Wildman–Crippen LogP) is 1.01. The Hall–Kier alpha value is -1.68. The van der Waals surface area contributed by atoms with Crippen molar-refractivity contribution in [2.45, 2.75) is 45.1 Å². The van der Waals surface area contributed by atoms with E-state index >= 15 is 0 Å². The summed E-state index contributed by atoms with van der Waals surface area (Å²) >= 11 is 0. The normalized spacial score (nSPS) is 25.5. The van der Waals surface area contributed by atoms with E-state index in [4.69, 9.17) is 5.84 Å². The maximum absolute atomic E-state index is 10.6. The molecule has 1 fully saturated rings. The fourth-order valence-electron chi connectivity index (χ4n) is 2.94. The molecule has 2 aliphatic heterocycles. The molecule has 2 heterocycles. The van der Waals surface area contributed by atoms with E-state index in [0.717, 1.165) is 24.1 Å². The summed E-state index contributed by atoms with van der Waals surface area (Å²) < 4.78 is 0. The summed E-state index contributed by atoms with van der Waals surface area (Å²) in [6.45, 7) is 4.09. The molecule has 112 valence electrons. The Bertz CT molecular complexity index is 587. The van der Waals surface area contributed by atoms with Crippen molar-refractivity contribution in [3.05, 3.63) is 11.8 Å². The van der Waals surface area contributed by atoms with Crippen molar-refractivity contribution in [1.29, 1.82) is 0 Å². The lowest BCUT2D eigenvalue weighted by atomic mass is 9.88. The van der Waals surface area contributed by atoms with Gasteiger partial charge in [-0.2, -0.15) is 0 Å². The van der Waals surface area contributed by atoms with Gasteiger partial charge < -0.3 is 5.11 Å². The molecular weight excluding hydrogens is 266 g/mol. The highest BCUT2D eigenvalue weighted by atomic mass is 16.3. The van der Waals surface area contributed by atoms with Crippen LogP contribution in [0.25, 0.3) is 0 Å². The zero-order chi connectivity index (χ0) is 15.0. The summed E-state index contributed by atoms with van der Waals surface area (Å²) in [5, 5.41) is 13.7. The molecule has 0 aromatic carbocycles. The molecule has 0 spiro atoms. The molecule has 0 aromatic rings. The SMILES string of the molecule is CC1=NC2=NCN(N)N2C=C1C#CC(C)(O)C1CCCC1. The molecule has 0 bridgehead atoms. The van der Waals surface area contributed by atoms with Crippen molar-refractivity contribution in [3.8, 4) is 11.8 Å². The Morgan fingerprint density at radius 2 is 2.14 bits per heavy atom. The Morgan fingerprint density at radius 3 is 2.86 bits per heavy atom. The number of nitrogens with zero attached hydrogens (tertiary/aromatic N) is 4. The summed E-state index contributed by atoms with van der Waals surface area (Å²) in [4.78, 5) is 8.60. The lowest BCUT2D eigenvalue weighted by Gasteiger charge is -2.25. The lowest BCUT2D eigenvalue weighted by molar-refractivity contribution is 0.0589.